The summed E-state index contributed by atoms with van der Waals surface area (Å²) in [5.74, 6) is 0.153. The number of rotatable bonds is 2. The molecule has 0 saturated carbocycles. The van der Waals surface area contributed by atoms with Crippen molar-refractivity contribution in [2.45, 2.75) is 31.3 Å². The Hall–Kier alpha value is -1.10. The summed E-state index contributed by atoms with van der Waals surface area (Å²) in [4.78, 5) is 24.6. The van der Waals surface area contributed by atoms with Crippen LogP contribution in [0.2, 0.25) is 0 Å². The van der Waals surface area contributed by atoms with Crippen LogP contribution in [-0.4, -0.2) is 48.9 Å². The van der Waals surface area contributed by atoms with Crippen LogP contribution < -0.4 is 10.6 Å². The van der Waals surface area contributed by atoms with Crippen LogP contribution in [0.15, 0.2) is 0 Å². The second-order valence-electron chi connectivity index (χ2n) is 4.33. The largest absolute Gasteiger partial charge is 0.350 e. The van der Waals surface area contributed by atoms with Crippen molar-refractivity contribution in [1.82, 2.24) is 15.5 Å². The first-order valence-electron chi connectivity index (χ1n) is 5.44. The Morgan fingerprint density at radius 3 is 2.93 bits per heavy atom. The summed E-state index contributed by atoms with van der Waals surface area (Å²) in [6.45, 7) is 1.55. The third-order valence-electron chi connectivity index (χ3n) is 3.06. The van der Waals surface area contributed by atoms with Crippen molar-refractivity contribution in [3.63, 3.8) is 0 Å². The summed E-state index contributed by atoms with van der Waals surface area (Å²) in [5.41, 5.74) is 0. The Morgan fingerprint density at radius 1 is 1.60 bits per heavy atom. The normalized spacial score (nSPS) is 31.0. The van der Waals surface area contributed by atoms with E-state index in [0.29, 0.717) is 13.0 Å². The van der Waals surface area contributed by atoms with Gasteiger partial charge in [0.25, 0.3) is 0 Å². The second kappa shape index (κ2) is 4.18. The molecule has 5 nitrogen and oxygen atoms in total. The molecule has 0 aromatic heterocycles. The average Bonchev–Trinajstić information content (AvgIpc) is 2.77. The molecule has 2 amide bonds. The molecule has 0 bridgehead atoms. The van der Waals surface area contributed by atoms with Gasteiger partial charge >= 0.3 is 0 Å². The molecule has 2 fully saturated rings. The van der Waals surface area contributed by atoms with Gasteiger partial charge in [-0.05, 0) is 19.4 Å². The number of amides is 2. The SMILES string of the molecule is CN1CC(NC(=O)[C@@H]2CCCN2)CC1=O. The molecule has 0 spiro atoms. The second-order valence-corrected chi connectivity index (χ2v) is 4.33. The standard InChI is InChI=1S/C10H17N3O2/c1-13-6-7(5-9(13)14)12-10(15)8-3-2-4-11-8/h7-8,11H,2-6H2,1H3,(H,12,15)/t7?,8-/m0/s1. The van der Waals surface area contributed by atoms with Crippen LogP contribution in [0.5, 0.6) is 0 Å². The van der Waals surface area contributed by atoms with E-state index >= 15 is 0 Å². The number of likely N-dealkylation sites (tertiary alicyclic amines) is 1. The van der Waals surface area contributed by atoms with Crippen LogP contribution in [0.3, 0.4) is 0 Å². The fraction of sp³-hybridized carbons (Fsp3) is 0.800. The quantitative estimate of drug-likeness (QED) is 0.621. The minimum atomic E-state index is -0.0500. The van der Waals surface area contributed by atoms with Crippen molar-refractivity contribution in [3.05, 3.63) is 0 Å². The van der Waals surface area contributed by atoms with Crippen LogP contribution in [0.25, 0.3) is 0 Å². The molecule has 15 heavy (non-hydrogen) atoms. The van der Waals surface area contributed by atoms with Gasteiger partial charge in [0.15, 0.2) is 0 Å². The Bertz CT molecular complexity index is 274. The Kier molecular flexibility index (Phi) is 2.90. The van der Waals surface area contributed by atoms with E-state index in [1.54, 1.807) is 11.9 Å². The molecule has 2 N–H and O–H groups in total. The Balaban J connectivity index is 1.82. The van der Waals surface area contributed by atoms with Gasteiger partial charge in [-0.15, -0.1) is 0 Å². The van der Waals surface area contributed by atoms with Crippen LogP contribution in [-0.2, 0) is 9.59 Å². The smallest absolute Gasteiger partial charge is 0.237 e. The number of hydrogen-bond acceptors (Lipinski definition) is 3. The van der Waals surface area contributed by atoms with Crippen LogP contribution in [0, 0.1) is 0 Å². The number of carbonyl (C=O) groups is 2. The first kappa shape index (κ1) is 10.4. The highest BCUT2D eigenvalue weighted by Gasteiger charge is 2.30. The van der Waals surface area contributed by atoms with E-state index in [9.17, 15) is 9.59 Å². The summed E-state index contributed by atoms with van der Waals surface area (Å²) in [6.07, 6.45) is 2.40. The highest BCUT2D eigenvalue weighted by atomic mass is 16.2. The lowest BCUT2D eigenvalue weighted by atomic mass is 10.2. The molecule has 2 heterocycles. The van der Waals surface area contributed by atoms with E-state index in [1.807, 2.05) is 0 Å². The lowest BCUT2D eigenvalue weighted by Gasteiger charge is -2.15. The molecule has 5 heteroatoms. The van der Waals surface area contributed by atoms with Crippen LogP contribution >= 0.6 is 0 Å². The van der Waals surface area contributed by atoms with E-state index in [4.69, 9.17) is 0 Å². The Morgan fingerprint density at radius 2 is 2.40 bits per heavy atom. The lowest BCUT2D eigenvalue weighted by molar-refractivity contribution is -0.126. The summed E-state index contributed by atoms with van der Waals surface area (Å²) in [5, 5.41) is 6.06. The first-order valence-corrected chi connectivity index (χ1v) is 5.44. The van der Waals surface area contributed by atoms with E-state index < -0.39 is 0 Å². The van der Waals surface area contributed by atoms with Crippen molar-refractivity contribution in [3.8, 4) is 0 Å². The molecule has 1 unspecified atom stereocenters. The minimum Gasteiger partial charge on any atom is -0.350 e. The number of carbonyl (C=O) groups excluding carboxylic acids is 2. The zero-order valence-corrected chi connectivity index (χ0v) is 8.95. The first-order chi connectivity index (χ1) is 7.16. The van der Waals surface area contributed by atoms with E-state index in [2.05, 4.69) is 10.6 Å². The molecule has 2 saturated heterocycles. The minimum absolute atomic E-state index is 0.00241. The third kappa shape index (κ3) is 2.28. The zero-order chi connectivity index (χ0) is 10.8. The monoisotopic (exact) mass is 211 g/mol. The van der Waals surface area contributed by atoms with Gasteiger partial charge < -0.3 is 15.5 Å². The molecule has 2 aliphatic heterocycles. The number of nitrogens with one attached hydrogen (secondary N) is 2. The maximum atomic E-state index is 11.7. The van der Waals surface area contributed by atoms with Crippen molar-refractivity contribution in [2.24, 2.45) is 0 Å². The van der Waals surface area contributed by atoms with E-state index in [1.165, 1.54) is 0 Å². The van der Waals surface area contributed by atoms with E-state index in [-0.39, 0.29) is 23.9 Å². The van der Waals surface area contributed by atoms with Crippen LogP contribution in [0.4, 0.5) is 0 Å². The summed E-state index contributed by atoms with van der Waals surface area (Å²) in [6, 6.07) is -0.0524. The van der Waals surface area contributed by atoms with Gasteiger partial charge in [-0.3, -0.25) is 9.59 Å². The topological polar surface area (TPSA) is 61.4 Å². The maximum absolute atomic E-state index is 11.7. The van der Waals surface area contributed by atoms with Gasteiger partial charge in [0.1, 0.15) is 0 Å². The molecule has 0 aliphatic carbocycles. The number of nitrogens with zero attached hydrogens (tertiary/aromatic N) is 1. The molecular formula is C10H17N3O2. The van der Waals surface area contributed by atoms with Gasteiger partial charge in [-0.2, -0.15) is 0 Å². The van der Waals surface area contributed by atoms with Crippen molar-refractivity contribution < 1.29 is 9.59 Å². The van der Waals surface area contributed by atoms with E-state index in [0.717, 1.165) is 19.4 Å². The highest BCUT2D eigenvalue weighted by Crippen LogP contribution is 2.10. The molecule has 2 aliphatic rings. The van der Waals surface area contributed by atoms with Gasteiger partial charge in [0.2, 0.25) is 11.8 Å². The number of likely N-dealkylation sites (N-methyl/N-ethyl adjacent to an activating group) is 1. The predicted molar refractivity (Wildman–Crippen MR) is 55.2 cm³/mol. The molecule has 0 aromatic carbocycles. The average molecular weight is 211 g/mol. The van der Waals surface area contributed by atoms with Gasteiger partial charge in [-0.1, -0.05) is 0 Å². The third-order valence-corrected chi connectivity index (χ3v) is 3.06. The maximum Gasteiger partial charge on any atom is 0.237 e. The highest BCUT2D eigenvalue weighted by molar-refractivity contribution is 5.84. The molecule has 0 radical (unpaired) electrons. The fourth-order valence-electron chi connectivity index (χ4n) is 2.17. The molecule has 2 rings (SSSR count). The summed E-state index contributed by atoms with van der Waals surface area (Å²) in [7, 11) is 1.77. The van der Waals surface area contributed by atoms with Gasteiger partial charge in [0.05, 0.1) is 12.1 Å². The molecular weight excluding hydrogens is 194 g/mol. The van der Waals surface area contributed by atoms with Crippen LogP contribution in [0.1, 0.15) is 19.3 Å². The van der Waals surface area contributed by atoms with Crippen molar-refractivity contribution >= 4 is 11.8 Å². The molecule has 0 aromatic rings. The Labute approximate surface area is 89.2 Å². The van der Waals surface area contributed by atoms with Crippen molar-refractivity contribution in [2.75, 3.05) is 20.1 Å². The summed E-state index contributed by atoms with van der Waals surface area (Å²) >= 11 is 0. The fourth-order valence-corrected chi connectivity index (χ4v) is 2.17. The predicted octanol–water partition coefficient (Wildman–Crippen LogP) is -0.915. The van der Waals surface area contributed by atoms with Gasteiger partial charge in [0, 0.05) is 20.0 Å². The zero-order valence-electron chi connectivity index (χ0n) is 8.95. The van der Waals surface area contributed by atoms with Crippen molar-refractivity contribution in [1.29, 1.82) is 0 Å². The lowest BCUT2D eigenvalue weighted by Crippen LogP contribution is -2.45. The molecule has 84 valence electrons. The van der Waals surface area contributed by atoms with Gasteiger partial charge in [-0.25, -0.2) is 0 Å². The molecule has 2 atom stereocenters. The number of hydrogen-bond donors (Lipinski definition) is 2. The summed E-state index contributed by atoms with van der Waals surface area (Å²) < 4.78 is 0.